The summed E-state index contributed by atoms with van der Waals surface area (Å²) in [5, 5.41) is 0. The lowest BCUT2D eigenvalue weighted by Gasteiger charge is -2.30. The Morgan fingerprint density at radius 2 is 0.818 bits per heavy atom. The van der Waals surface area contributed by atoms with Crippen LogP contribution in [-0.2, 0) is 0 Å². The van der Waals surface area contributed by atoms with Gasteiger partial charge in [-0.15, -0.1) is 0 Å². The third kappa shape index (κ3) is 3.92. The second-order valence-electron chi connectivity index (χ2n) is 7.89. The first-order chi connectivity index (χ1) is 16.2. The SMILES string of the molecule is Nc1c(-c2ccccc2)cc(-c2ccccc2)c(N(c2ccccc2)c2ccccc2)c1N. The van der Waals surface area contributed by atoms with E-state index in [1.54, 1.807) is 0 Å². The molecule has 0 bridgehead atoms. The first-order valence-electron chi connectivity index (χ1n) is 11.0. The Morgan fingerprint density at radius 1 is 0.424 bits per heavy atom. The van der Waals surface area contributed by atoms with E-state index in [2.05, 4.69) is 59.5 Å². The van der Waals surface area contributed by atoms with E-state index in [4.69, 9.17) is 11.5 Å². The molecule has 4 N–H and O–H groups in total. The smallest absolute Gasteiger partial charge is 0.0805 e. The van der Waals surface area contributed by atoms with Crippen molar-refractivity contribution in [1.82, 2.24) is 0 Å². The van der Waals surface area contributed by atoms with Crippen LogP contribution in [0.15, 0.2) is 127 Å². The van der Waals surface area contributed by atoms with E-state index in [1.807, 2.05) is 72.8 Å². The van der Waals surface area contributed by atoms with E-state index in [9.17, 15) is 0 Å². The highest BCUT2D eigenvalue weighted by atomic mass is 15.2. The minimum Gasteiger partial charge on any atom is -0.396 e. The molecule has 0 aliphatic carbocycles. The molecule has 5 rings (SSSR count). The van der Waals surface area contributed by atoms with Gasteiger partial charge in [0.25, 0.3) is 0 Å². The fourth-order valence-electron chi connectivity index (χ4n) is 4.20. The van der Waals surface area contributed by atoms with Crippen molar-refractivity contribution in [2.24, 2.45) is 0 Å². The van der Waals surface area contributed by atoms with Gasteiger partial charge in [0.05, 0.1) is 17.1 Å². The standard InChI is InChI=1S/C30H25N3/c31-28-26(22-13-5-1-6-14-22)21-27(23-15-7-2-8-16-23)30(29(28)32)33(24-17-9-3-10-18-24)25-19-11-4-12-20-25/h1-21H,31-32H2. The number of anilines is 5. The number of nitrogens with two attached hydrogens (primary N) is 2. The molecule has 5 aromatic carbocycles. The molecule has 3 heteroatoms. The van der Waals surface area contributed by atoms with Crippen molar-refractivity contribution in [3.63, 3.8) is 0 Å². The van der Waals surface area contributed by atoms with Gasteiger partial charge >= 0.3 is 0 Å². The number of nitrogen functional groups attached to an aromatic ring is 2. The third-order valence-corrected chi connectivity index (χ3v) is 5.80. The van der Waals surface area contributed by atoms with Gasteiger partial charge in [0.2, 0.25) is 0 Å². The van der Waals surface area contributed by atoms with Crippen LogP contribution in [0.3, 0.4) is 0 Å². The summed E-state index contributed by atoms with van der Waals surface area (Å²) in [5.41, 5.74) is 21.7. The van der Waals surface area contributed by atoms with Gasteiger partial charge in [0, 0.05) is 22.5 Å². The van der Waals surface area contributed by atoms with Crippen LogP contribution in [0.4, 0.5) is 28.4 Å². The maximum Gasteiger partial charge on any atom is 0.0805 e. The quantitative estimate of drug-likeness (QED) is 0.283. The van der Waals surface area contributed by atoms with Crippen molar-refractivity contribution in [2.45, 2.75) is 0 Å². The zero-order chi connectivity index (χ0) is 22.6. The first-order valence-corrected chi connectivity index (χ1v) is 11.0. The van der Waals surface area contributed by atoms with Gasteiger partial charge in [-0.05, 0) is 41.5 Å². The molecule has 0 aliphatic heterocycles. The fourth-order valence-corrected chi connectivity index (χ4v) is 4.20. The fraction of sp³-hybridized carbons (Fsp3) is 0. The van der Waals surface area contributed by atoms with E-state index in [0.717, 1.165) is 39.3 Å². The minimum atomic E-state index is 0.558. The molecule has 33 heavy (non-hydrogen) atoms. The molecule has 0 aromatic heterocycles. The third-order valence-electron chi connectivity index (χ3n) is 5.80. The Labute approximate surface area is 194 Å². The Hall–Kier alpha value is -4.50. The molecule has 0 unspecified atom stereocenters. The summed E-state index contributed by atoms with van der Waals surface area (Å²) < 4.78 is 0. The predicted molar refractivity (Wildman–Crippen MR) is 141 cm³/mol. The average molecular weight is 428 g/mol. The molecule has 0 saturated heterocycles. The molecule has 0 aliphatic rings. The molecular weight excluding hydrogens is 402 g/mol. The van der Waals surface area contributed by atoms with Crippen LogP contribution >= 0.6 is 0 Å². The minimum absolute atomic E-state index is 0.558. The van der Waals surface area contributed by atoms with E-state index in [1.165, 1.54) is 0 Å². The summed E-state index contributed by atoms with van der Waals surface area (Å²) in [6, 6.07) is 43.1. The maximum atomic E-state index is 6.87. The van der Waals surface area contributed by atoms with Crippen molar-refractivity contribution in [3.8, 4) is 22.3 Å². The molecule has 0 amide bonds. The largest absolute Gasteiger partial charge is 0.396 e. The van der Waals surface area contributed by atoms with Crippen molar-refractivity contribution in [1.29, 1.82) is 0 Å². The normalized spacial score (nSPS) is 10.7. The molecule has 0 radical (unpaired) electrons. The molecular formula is C30H25N3. The Bertz CT molecular complexity index is 1310. The monoisotopic (exact) mass is 427 g/mol. The Morgan fingerprint density at radius 3 is 1.27 bits per heavy atom. The molecule has 0 atom stereocenters. The van der Waals surface area contributed by atoms with Gasteiger partial charge < -0.3 is 16.4 Å². The molecule has 0 saturated carbocycles. The summed E-state index contributed by atoms with van der Waals surface area (Å²) in [4.78, 5) is 2.18. The highest BCUT2D eigenvalue weighted by Gasteiger charge is 2.23. The highest BCUT2D eigenvalue weighted by Crippen LogP contribution is 2.49. The summed E-state index contributed by atoms with van der Waals surface area (Å²) >= 11 is 0. The lowest BCUT2D eigenvalue weighted by atomic mass is 9.93. The number of nitrogens with zero attached hydrogens (tertiary/aromatic N) is 1. The summed E-state index contributed by atoms with van der Waals surface area (Å²) in [5.74, 6) is 0. The molecule has 0 heterocycles. The van der Waals surface area contributed by atoms with E-state index >= 15 is 0 Å². The van der Waals surface area contributed by atoms with Gasteiger partial charge in [0.15, 0.2) is 0 Å². The van der Waals surface area contributed by atoms with Crippen LogP contribution in [0, 0.1) is 0 Å². The Balaban J connectivity index is 1.85. The Kier molecular flexibility index (Phi) is 5.52. The van der Waals surface area contributed by atoms with Crippen LogP contribution in [0.2, 0.25) is 0 Å². The van der Waals surface area contributed by atoms with E-state index in [-0.39, 0.29) is 0 Å². The van der Waals surface area contributed by atoms with E-state index < -0.39 is 0 Å². The first kappa shape index (κ1) is 20.4. The van der Waals surface area contributed by atoms with Crippen LogP contribution < -0.4 is 16.4 Å². The van der Waals surface area contributed by atoms with Crippen molar-refractivity contribution < 1.29 is 0 Å². The van der Waals surface area contributed by atoms with Crippen molar-refractivity contribution in [2.75, 3.05) is 16.4 Å². The zero-order valence-corrected chi connectivity index (χ0v) is 18.2. The van der Waals surface area contributed by atoms with Crippen LogP contribution in [-0.4, -0.2) is 0 Å². The number of para-hydroxylation sites is 2. The lowest BCUT2D eigenvalue weighted by Crippen LogP contribution is -2.15. The average Bonchev–Trinajstić information content (AvgIpc) is 2.89. The van der Waals surface area contributed by atoms with Gasteiger partial charge in [-0.25, -0.2) is 0 Å². The highest BCUT2D eigenvalue weighted by molar-refractivity contribution is 6.03. The van der Waals surface area contributed by atoms with E-state index in [0.29, 0.717) is 11.4 Å². The second-order valence-corrected chi connectivity index (χ2v) is 7.89. The van der Waals surface area contributed by atoms with Gasteiger partial charge in [0.1, 0.15) is 0 Å². The number of hydrogen-bond acceptors (Lipinski definition) is 3. The second kappa shape index (κ2) is 8.93. The molecule has 0 fully saturated rings. The van der Waals surface area contributed by atoms with Crippen molar-refractivity contribution in [3.05, 3.63) is 127 Å². The maximum absolute atomic E-state index is 6.87. The molecule has 160 valence electrons. The summed E-state index contributed by atoms with van der Waals surface area (Å²) in [6.45, 7) is 0. The van der Waals surface area contributed by atoms with Gasteiger partial charge in [-0.1, -0.05) is 97.1 Å². The summed E-state index contributed by atoms with van der Waals surface area (Å²) in [6.07, 6.45) is 0. The van der Waals surface area contributed by atoms with Crippen LogP contribution in [0.5, 0.6) is 0 Å². The lowest BCUT2D eigenvalue weighted by molar-refractivity contribution is 1.29. The molecule has 0 spiro atoms. The molecule has 3 nitrogen and oxygen atoms in total. The number of benzene rings is 5. The van der Waals surface area contributed by atoms with Crippen LogP contribution in [0.25, 0.3) is 22.3 Å². The van der Waals surface area contributed by atoms with Gasteiger partial charge in [-0.3, -0.25) is 0 Å². The molecule has 5 aromatic rings. The number of rotatable bonds is 5. The van der Waals surface area contributed by atoms with Crippen molar-refractivity contribution >= 4 is 28.4 Å². The predicted octanol–water partition coefficient (Wildman–Crippen LogP) is 7.65. The number of hydrogen-bond donors (Lipinski definition) is 2. The summed E-state index contributed by atoms with van der Waals surface area (Å²) in [7, 11) is 0. The van der Waals surface area contributed by atoms with Gasteiger partial charge in [-0.2, -0.15) is 0 Å². The zero-order valence-electron chi connectivity index (χ0n) is 18.2. The topological polar surface area (TPSA) is 55.3 Å². The van der Waals surface area contributed by atoms with Crippen LogP contribution in [0.1, 0.15) is 0 Å².